The van der Waals surface area contributed by atoms with Crippen LogP contribution in [0.1, 0.15) is 74.2 Å². The van der Waals surface area contributed by atoms with Gasteiger partial charge in [0.2, 0.25) is 17.7 Å². The number of amides is 4. The summed E-state index contributed by atoms with van der Waals surface area (Å²) in [7, 11) is 1.69. The fraction of sp³-hybridized carbons (Fsp3) is 0.621. The Morgan fingerprint density at radius 3 is 2.67 bits per heavy atom. The number of rotatable bonds is 7. The van der Waals surface area contributed by atoms with Gasteiger partial charge in [0.25, 0.3) is 5.91 Å². The van der Waals surface area contributed by atoms with Crippen molar-refractivity contribution in [2.75, 3.05) is 13.6 Å². The fourth-order valence-corrected chi connectivity index (χ4v) is 6.39. The molecule has 4 fully saturated rings. The summed E-state index contributed by atoms with van der Waals surface area (Å²) in [5.74, 6) is -1.23. The lowest BCUT2D eigenvalue weighted by atomic mass is 9.98. The third kappa shape index (κ3) is 5.70. The molecule has 4 unspecified atom stereocenters. The summed E-state index contributed by atoms with van der Waals surface area (Å²) in [6.07, 6.45) is 5.59. The normalized spacial score (nSPS) is 28.7. The van der Waals surface area contributed by atoms with Crippen molar-refractivity contribution in [1.29, 1.82) is 0 Å². The number of hydrogen-bond donors (Lipinski definition) is 3. The molecule has 0 saturated carbocycles. The van der Waals surface area contributed by atoms with Crippen LogP contribution in [0.2, 0.25) is 0 Å². The van der Waals surface area contributed by atoms with Gasteiger partial charge in [-0.05, 0) is 57.4 Å². The molecule has 4 amide bonds. The van der Waals surface area contributed by atoms with Crippen molar-refractivity contribution < 1.29 is 28.7 Å². The van der Waals surface area contributed by atoms with Crippen molar-refractivity contribution in [3.8, 4) is 0 Å². The Morgan fingerprint density at radius 2 is 1.88 bits per heavy atom. The Kier molecular flexibility index (Phi) is 8.39. The van der Waals surface area contributed by atoms with Crippen molar-refractivity contribution in [1.82, 2.24) is 25.8 Å². The number of carbonyl (C=O) groups is 5. The van der Waals surface area contributed by atoms with Crippen LogP contribution in [0.4, 0.5) is 0 Å². The molecule has 4 saturated heterocycles. The number of fused-ring (bicyclic) bond motifs is 3. The third-order valence-electron chi connectivity index (χ3n) is 8.79. The first kappa shape index (κ1) is 28.1. The van der Waals surface area contributed by atoms with E-state index < -0.39 is 24.2 Å². The van der Waals surface area contributed by atoms with Gasteiger partial charge in [0.1, 0.15) is 24.2 Å². The van der Waals surface area contributed by atoms with E-state index in [4.69, 9.17) is 4.74 Å². The second-order valence-corrected chi connectivity index (χ2v) is 11.4. The zero-order valence-electron chi connectivity index (χ0n) is 23.2. The van der Waals surface area contributed by atoms with E-state index in [0.29, 0.717) is 37.8 Å². The van der Waals surface area contributed by atoms with E-state index in [1.54, 1.807) is 42.0 Å². The molecule has 1 aromatic rings. The molecule has 11 nitrogen and oxygen atoms in total. The molecular weight excluding hydrogens is 514 g/mol. The average Bonchev–Trinajstić information content (AvgIpc) is 3.51. The van der Waals surface area contributed by atoms with Crippen molar-refractivity contribution >= 4 is 29.6 Å². The van der Waals surface area contributed by atoms with Gasteiger partial charge in [-0.3, -0.25) is 19.2 Å². The van der Waals surface area contributed by atoms with Gasteiger partial charge in [-0.25, -0.2) is 4.79 Å². The van der Waals surface area contributed by atoms with Gasteiger partial charge < -0.3 is 30.5 Å². The number of likely N-dealkylation sites (tertiary alicyclic amines) is 1. The number of hydrogen-bond acceptors (Lipinski definition) is 7. The van der Waals surface area contributed by atoms with E-state index in [1.807, 2.05) is 6.07 Å². The Balaban J connectivity index is 1.23. The highest BCUT2D eigenvalue weighted by Gasteiger charge is 2.45. The van der Waals surface area contributed by atoms with Gasteiger partial charge in [0, 0.05) is 37.5 Å². The quantitative estimate of drug-likeness (QED) is 0.426. The number of nitrogens with zero attached hydrogens (tertiary/aromatic N) is 2. The Bertz CT molecular complexity index is 1170. The predicted octanol–water partition coefficient (Wildman–Crippen LogP) is 0.859. The summed E-state index contributed by atoms with van der Waals surface area (Å²) in [5, 5.41) is 8.74. The molecule has 1 aromatic carbocycles. The highest BCUT2D eigenvalue weighted by Crippen LogP contribution is 2.32. The van der Waals surface area contributed by atoms with Crippen LogP contribution in [-0.2, 0) is 30.5 Å². The average molecular weight is 554 g/mol. The Labute approximate surface area is 234 Å². The molecule has 6 atom stereocenters. The van der Waals surface area contributed by atoms with Crippen LogP contribution in [0.25, 0.3) is 0 Å². The van der Waals surface area contributed by atoms with Gasteiger partial charge in [-0.1, -0.05) is 25.0 Å². The number of likely N-dealkylation sites (N-methyl/N-ethyl adjacent to an activating group) is 1. The minimum absolute atomic E-state index is 0.0166. The van der Waals surface area contributed by atoms with Crippen LogP contribution in [0.5, 0.6) is 0 Å². The standard InChI is InChI=1S/C29H39N5O6/c1-17(30-2)25(35)32-22-9-4-3-8-20-10-11-23(34(20)28(22)38)26(36)31-16-18-6-5-7-19(14-18)27(37)33-13-12-21-15-24(33)29(39)40-21/h5-7,14,17,20-24,30H,3-4,8-13,15-16H2,1-2H3,(H,31,36)(H,32,35)/t17-,20?,21?,22?,23?,24-/m0/s1. The van der Waals surface area contributed by atoms with Gasteiger partial charge in [-0.15, -0.1) is 0 Å². The number of esters is 1. The minimum atomic E-state index is -0.649. The molecule has 0 radical (unpaired) electrons. The van der Waals surface area contributed by atoms with E-state index in [0.717, 1.165) is 31.2 Å². The number of benzene rings is 1. The van der Waals surface area contributed by atoms with E-state index >= 15 is 0 Å². The van der Waals surface area contributed by atoms with Crippen molar-refractivity contribution in [2.24, 2.45) is 0 Å². The second kappa shape index (κ2) is 12.0. The zero-order valence-corrected chi connectivity index (χ0v) is 23.2. The maximum atomic E-state index is 13.6. The summed E-state index contributed by atoms with van der Waals surface area (Å²) in [4.78, 5) is 68.1. The number of piperidine rings is 1. The summed E-state index contributed by atoms with van der Waals surface area (Å²) in [5.41, 5.74) is 1.21. The van der Waals surface area contributed by atoms with E-state index in [1.165, 1.54) is 0 Å². The first-order valence-corrected chi connectivity index (χ1v) is 14.4. The molecule has 11 heteroatoms. The lowest BCUT2D eigenvalue weighted by Gasteiger charge is -2.35. The lowest BCUT2D eigenvalue weighted by Crippen LogP contribution is -2.57. The third-order valence-corrected chi connectivity index (χ3v) is 8.79. The molecule has 4 heterocycles. The largest absolute Gasteiger partial charge is 0.461 e. The van der Waals surface area contributed by atoms with Gasteiger partial charge in [-0.2, -0.15) is 0 Å². The maximum Gasteiger partial charge on any atom is 0.329 e. The SMILES string of the molecule is CN[C@@H](C)C(=O)NC1CCCCC2CCC(C(=O)NCc3cccc(C(=O)N4CCC5C[C@H]4C(=O)O5)c3)N2C1=O. The molecular formula is C29H39N5O6. The molecule has 0 aromatic heterocycles. The van der Waals surface area contributed by atoms with Gasteiger partial charge in [0.15, 0.2) is 0 Å². The van der Waals surface area contributed by atoms with Crippen LogP contribution >= 0.6 is 0 Å². The second-order valence-electron chi connectivity index (χ2n) is 11.4. The molecule has 216 valence electrons. The van der Waals surface area contributed by atoms with Gasteiger partial charge >= 0.3 is 5.97 Å². The van der Waals surface area contributed by atoms with Crippen LogP contribution in [0.3, 0.4) is 0 Å². The molecule has 0 spiro atoms. The van der Waals surface area contributed by atoms with E-state index in [-0.39, 0.29) is 48.3 Å². The number of carbonyl (C=O) groups excluding carboxylic acids is 5. The molecule has 40 heavy (non-hydrogen) atoms. The highest BCUT2D eigenvalue weighted by atomic mass is 16.6. The summed E-state index contributed by atoms with van der Waals surface area (Å²) < 4.78 is 5.31. The summed E-state index contributed by atoms with van der Waals surface area (Å²) >= 11 is 0. The van der Waals surface area contributed by atoms with E-state index in [2.05, 4.69) is 16.0 Å². The molecule has 0 aliphatic carbocycles. The maximum absolute atomic E-state index is 13.6. The van der Waals surface area contributed by atoms with Crippen molar-refractivity contribution in [2.45, 2.75) is 101 Å². The molecule has 2 bridgehead atoms. The molecule has 5 rings (SSSR count). The topological polar surface area (TPSA) is 137 Å². The van der Waals surface area contributed by atoms with Crippen LogP contribution < -0.4 is 16.0 Å². The fourth-order valence-electron chi connectivity index (χ4n) is 6.39. The minimum Gasteiger partial charge on any atom is -0.461 e. The number of ether oxygens (including phenoxy) is 1. The zero-order chi connectivity index (χ0) is 28.4. The smallest absolute Gasteiger partial charge is 0.329 e. The van der Waals surface area contributed by atoms with Gasteiger partial charge in [0.05, 0.1) is 6.04 Å². The molecule has 4 aliphatic heterocycles. The summed E-state index contributed by atoms with van der Waals surface area (Å²) in [6.45, 7) is 2.42. The molecule has 4 aliphatic rings. The van der Waals surface area contributed by atoms with Crippen molar-refractivity contribution in [3.05, 3.63) is 35.4 Å². The van der Waals surface area contributed by atoms with Crippen LogP contribution in [0, 0.1) is 0 Å². The van der Waals surface area contributed by atoms with Crippen LogP contribution in [-0.4, -0.2) is 89.3 Å². The predicted molar refractivity (Wildman–Crippen MR) is 145 cm³/mol. The first-order valence-electron chi connectivity index (χ1n) is 14.4. The Morgan fingerprint density at radius 1 is 1.07 bits per heavy atom. The van der Waals surface area contributed by atoms with Crippen LogP contribution in [0.15, 0.2) is 24.3 Å². The highest BCUT2D eigenvalue weighted by molar-refractivity contribution is 5.98. The monoisotopic (exact) mass is 553 g/mol. The first-order chi connectivity index (χ1) is 19.3. The van der Waals surface area contributed by atoms with Crippen molar-refractivity contribution in [3.63, 3.8) is 0 Å². The molecule has 3 N–H and O–H groups in total. The number of nitrogens with one attached hydrogen (secondary N) is 3. The van der Waals surface area contributed by atoms with E-state index in [9.17, 15) is 24.0 Å². The Hall–Kier alpha value is -3.47. The summed E-state index contributed by atoms with van der Waals surface area (Å²) in [6, 6.07) is 4.83. The lowest BCUT2D eigenvalue weighted by molar-refractivity contribution is -0.144.